The average Bonchev–Trinajstić information content (AvgIpc) is 2.96. The number of benzene rings is 1. The van der Waals surface area contributed by atoms with Crippen molar-refractivity contribution >= 4 is 11.7 Å². The highest BCUT2D eigenvalue weighted by molar-refractivity contribution is 5.98. The van der Waals surface area contributed by atoms with Gasteiger partial charge >= 0.3 is 0 Å². The molecule has 2 aliphatic heterocycles. The van der Waals surface area contributed by atoms with Crippen LogP contribution in [0.15, 0.2) is 55.1 Å². The minimum atomic E-state index is -0.0367. The summed E-state index contributed by atoms with van der Waals surface area (Å²) in [7, 11) is 1.60. The van der Waals surface area contributed by atoms with Gasteiger partial charge in [-0.25, -0.2) is 4.98 Å². The molecule has 0 atom stereocenters. The third-order valence-corrected chi connectivity index (χ3v) is 5.58. The minimum Gasteiger partial charge on any atom is -0.497 e. The summed E-state index contributed by atoms with van der Waals surface area (Å²) in [5.41, 5.74) is 0.562. The van der Waals surface area contributed by atoms with E-state index in [9.17, 15) is 4.79 Å². The summed E-state index contributed by atoms with van der Waals surface area (Å²) in [5, 5.41) is 0. The number of carbonyl (C=O) groups is 1. The summed E-state index contributed by atoms with van der Waals surface area (Å²) < 4.78 is 10.8. The van der Waals surface area contributed by atoms with Crippen molar-refractivity contribution in [3.63, 3.8) is 0 Å². The standard InChI is InChI=1S/C23H28N4O3/c1-29-19-7-8-20-21(18-19)30-17-16-27(23(20)28)11-5-4-10-25-12-14-26(15-13-25)22-6-2-3-9-24-22/h2-3,6-9,16-18H,4-5,10-15H2,1H3. The summed E-state index contributed by atoms with van der Waals surface area (Å²) in [6, 6.07) is 11.3. The van der Waals surface area contributed by atoms with E-state index in [4.69, 9.17) is 9.47 Å². The van der Waals surface area contributed by atoms with Gasteiger partial charge in [0.25, 0.3) is 5.91 Å². The lowest BCUT2D eigenvalue weighted by atomic mass is 10.1. The number of aromatic nitrogens is 1. The van der Waals surface area contributed by atoms with E-state index in [1.807, 2.05) is 18.3 Å². The molecule has 3 heterocycles. The molecule has 0 aliphatic carbocycles. The molecule has 0 radical (unpaired) electrons. The monoisotopic (exact) mass is 408 g/mol. The van der Waals surface area contributed by atoms with E-state index in [1.54, 1.807) is 42.7 Å². The molecule has 7 heteroatoms. The highest BCUT2D eigenvalue weighted by Crippen LogP contribution is 2.28. The second kappa shape index (κ2) is 9.63. The Balaban J connectivity index is 1.22. The molecule has 1 amide bonds. The highest BCUT2D eigenvalue weighted by atomic mass is 16.5. The highest BCUT2D eigenvalue weighted by Gasteiger charge is 2.22. The van der Waals surface area contributed by atoms with Crippen molar-refractivity contribution in [1.29, 1.82) is 0 Å². The number of unbranched alkanes of at least 4 members (excludes halogenated alkanes) is 1. The summed E-state index contributed by atoms with van der Waals surface area (Å²) in [6.07, 6.45) is 7.14. The molecular weight excluding hydrogens is 380 g/mol. The zero-order valence-corrected chi connectivity index (χ0v) is 17.4. The number of amides is 1. The number of methoxy groups -OCH3 is 1. The number of piperazine rings is 1. The van der Waals surface area contributed by atoms with Gasteiger partial charge in [0.05, 0.1) is 12.7 Å². The fraction of sp³-hybridized carbons (Fsp3) is 0.391. The molecule has 0 spiro atoms. The zero-order valence-electron chi connectivity index (χ0n) is 17.4. The maximum absolute atomic E-state index is 12.8. The van der Waals surface area contributed by atoms with Crippen LogP contribution in [0.5, 0.6) is 11.5 Å². The van der Waals surface area contributed by atoms with E-state index < -0.39 is 0 Å². The van der Waals surface area contributed by atoms with E-state index in [-0.39, 0.29) is 5.91 Å². The molecule has 30 heavy (non-hydrogen) atoms. The van der Waals surface area contributed by atoms with E-state index in [0.29, 0.717) is 23.6 Å². The first-order valence-electron chi connectivity index (χ1n) is 10.5. The molecule has 1 aromatic carbocycles. The number of pyridine rings is 1. The van der Waals surface area contributed by atoms with Crippen LogP contribution in [0, 0.1) is 0 Å². The van der Waals surface area contributed by atoms with Crippen molar-refractivity contribution < 1.29 is 14.3 Å². The van der Waals surface area contributed by atoms with E-state index in [0.717, 1.165) is 51.4 Å². The fourth-order valence-corrected chi connectivity index (χ4v) is 3.84. The van der Waals surface area contributed by atoms with Crippen LogP contribution in [-0.2, 0) is 0 Å². The third kappa shape index (κ3) is 4.74. The van der Waals surface area contributed by atoms with Crippen molar-refractivity contribution in [3.05, 3.63) is 60.6 Å². The van der Waals surface area contributed by atoms with Crippen LogP contribution >= 0.6 is 0 Å². The Bertz CT molecular complexity index is 879. The molecule has 1 aromatic heterocycles. The number of fused-ring (bicyclic) bond motifs is 1. The SMILES string of the molecule is COc1ccc2c(c1)OC=CN(CCCCN1CCN(c3ccccn3)CC1)C2=O. The van der Waals surface area contributed by atoms with Crippen LogP contribution in [0.3, 0.4) is 0 Å². The second-order valence-electron chi connectivity index (χ2n) is 7.49. The molecule has 158 valence electrons. The van der Waals surface area contributed by atoms with E-state index in [2.05, 4.69) is 20.9 Å². The first kappa shape index (κ1) is 20.2. The maximum Gasteiger partial charge on any atom is 0.261 e. The van der Waals surface area contributed by atoms with Gasteiger partial charge in [0, 0.05) is 51.2 Å². The predicted molar refractivity (Wildman–Crippen MR) is 116 cm³/mol. The first-order valence-corrected chi connectivity index (χ1v) is 10.5. The lowest BCUT2D eigenvalue weighted by molar-refractivity contribution is 0.0820. The summed E-state index contributed by atoms with van der Waals surface area (Å²) in [5.74, 6) is 2.23. The maximum atomic E-state index is 12.8. The molecule has 4 rings (SSSR count). The lowest BCUT2D eigenvalue weighted by Gasteiger charge is -2.35. The van der Waals surface area contributed by atoms with Gasteiger partial charge in [-0.1, -0.05) is 6.07 Å². The zero-order chi connectivity index (χ0) is 20.8. The van der Waals surface area contributed by atoms with Crippen molar-refractivity contribution in [2.75, 3.05) is 51.3 Å². The number of rotatable bonds is 7. The Morgan fingerprint density at radius 3 is 2.67 bits per heavy atom. The summed E-state index contributed by atoms with van der Waals surface area (Å²) in [4.78, 5) is 23.8. The van der Waals surface area contributed by atoms with Gasteiger partial charge in [-0.2, -0.15) is 0 Å². The number of hydrogen-bond donors (Lipinski definition) is 0. The number of nitrogens with zero attached hydrogens (tertiary/aromatic N) is 4. The second-order valence-corrected chi connectivity index (χ2v) is 7.49. The fourth-order valence-electron chi connectivity index (χ4n) is 3.84. The van der Waals surface area contributed by atoms with E-state index in [1.165, 1.54) is 0 Å². The van der Waals surface area contributed by atoms with Crippen LogP contribution in [0.2, 0.25) is 0 Å². The number of hydrogen-bond acceptors (Lipinski definition) is 6. The molecule has 1 fully saturated rings. The number of ether oxygens (including phenoxy) is 2. The van der Waals surface area contributed by atoms with Gasteiger partial charge in [0.1, 0.15) is 23.6 Å². The van der Waals surface area contributed by atoms with Crippen LogP contribution in [0.25, 0.3) is 0 Å². The van der Waals surface area contributed by atoms with Gasteiger partial charge in [-0.3, -0.25) is 9.69 Å². The van der Waals surface area contributed by atoms with Crippen LogP contribution in [-0.4, -0.2) is 67.1 Å². The van der Waals surface area contributed by atoms with Crippen molar-refractivity contribution in [1.82, 2.24) is 14.8 Å². The molecular formula is C23H28N4O3. The summed E-state index contributed by atoms with van der Waals surface area (Å²) >= 11 is 0. The smallest absolute Gasteiger partial charge is 0.261 e. The minimum absolute atomic E-state index is 0.0367. The molecule has 2 aliphatic rings. The predicted octanol–water partition coefficient (Wildman–Crippen LogP) is 3.00. The average molecular weight is 409 g/mol. The van der Waals surface area contributed by atoms with Crippen LogP contribution in [0.1, 0.15) is 23.2 Å². The van der Waals surface area contributed by atoms with Gasteiger partial charge in [-0.15, -0.1) is 0 Å². The molecule has 7 nitrogen and oxygen atoms in total. The Labute approximate surface area is 177 Å². The van der Waals surface area contributed by atoms with Crippen molar-refractivity contribution in [3.8, 4) is 11.5 Å². The molecule has 0 unspecified atom stereocenters. The topological polar surface area (TPSA) is 58.1 Å². The quantitative estimate of drug-likeness (QED) is 0.657. The van der Waals surface area contributed by atoms with Gasteiger partial charge < -0.3 is 19.3 Å². The molecule has 0 bridgehead atoms. The third-order valence-electron chi connectivity index (χ3n) is 5.58. The molecule has 0 saturated carbocycles. The summed E-state index contributed by atoms with van der Waals surface area (Å²) in [6.45, 7) is 5.82. The molecule has 1 saturated heterocycles. The van der Waals surface area contributed by atoms with Crippen molar-refractivity contribution in [2.45, 2.75) is 12.8 Å². The van der Waals surface area contributed by atoms with Gasteiger partial charge in [0.2, 0.25) is 0 Å². The van der Waals surface area contributed by atoms with Gasteiger partial charge in [-0.05, 0) is 43.7 Å². The van der Waals surface area contributed by atoms with E-state index >= 15 is 0 Å². The normalized spacial score (nSPS) is 16.8. The van der Waals surface area contributed by atoms with Crippen LogP contribution in [0.4, 0.5) is 5.82 Å². The Kier molecular flexibility index (Phi) is 6.49. The van der Waals surface area contributed by atoms with Crippen LogP contribution < -0.4 is 14.4 Å². The largest absolute Gasteiger partial charge is 0.497 e. The Morgan fingerprint density at radius 1 is 1.07 bits per heavy atom. The van der Waals surface area contributed by atoms with Gasteiger partial charge in [0.15, 0.2) is 0 Å². The van der Waals surface area contributed by atoms with Crippen molar-refractivity contribution in [2.24, 2.45) is 0 Å². The lowest BCUT2D eigenvalue weighted by Crippen LogP contribution is -2.47. The molecule has 0 N–H and O–H groups in total. The number of carbonyl (C=O) groups excluding carboxylic acids is 1. The first-order chi connectivity index (χ1) is 14.7. The number of anilines is 1. The Hall–Kier alpha value is -3.06. The molecule has 2 aromatic rings. The Morgan fingerprint density at radius 2 is 1.90 bits per heavy atom.